The van der Waals surface area contributed by atoms with Crippen LogP contribution in [0.25, 0.3) is 0 Å². The second-order valence-corrected chi connectivity index (χ2v) is 5.56. The highest BCUT2D eigenvalue weighted by atomic mass is 16.5. The van der Waals surface area contributed by atoms with E-state index in [9.17, 15) is 4.79 Å². The molecule has 0 saturated heterocycles. The van der Waals surface area contributed by atoms with E-state index < -0.39 is 0 Å². The minimum atomic E-state index is -0.256. The zero-order valence-electron chi connectivity index (χ0n) is 14.1. The maximum atomic E-state index is 12.7. The summed E-state index contributed by atoms with van der Waals surface area (Å²) in [5.41, 5.74) is 2.54. The number of hydrogen-bond acceptors (Lipinski definition) is 3. The summed E-state index contributed by atoms with van der Waals surface area (Å²) in [5, 5.41) is 3.10. The van der Waals surface area contributed by atoms with E-state index >= 15 is 0 Å². The fourth-order valence-corrected chi connectivity index (χ4v) is 2.63. The summed E-state index contributed by atoms with van der Waals surface area (Å²) in [6, 6.07) is 20.6. The summed E-state index contributed by atoms with van der Waals surface area (Å²) in [5.74, 6) is 0.617. The van der Waals surface area contributed by atoms with Crippen molar-refractivity contribution in [3.63, 3.8) is 0 Å². The molecule has 3 rings (SSSR count). The predicted octanol–water partition coefficient (Wildman–Crippen LogP) is 4.00. The van der Waals surface area contributed by atoms with Crippen molar-refractivity contribution in [2.45, 2.75) is 13.0 Å². The molecule has 4 heteroatoms. The molecule has 3 aromatic rings. The molecule has 0 bridgehead atoms. The van der Waals surface area contributed by atoms with Crippen LogP contribution in [0, 0.1) is 0 Å². The number of carbonyl (C=O) groups excluding carboxylic acids is 1. The lowest BCUT2D eigenvalue weighted by atomic mass is 9.99. The van der Waals surface area contributed by atoms with E-state index in [1.807, 2.05) is 49.4 Å². The van der Waals surface area contributed by atoms with Crippen LogP contribution in [0.1, 0.15) is 34.5 Å². The van der Waals surface area contributed by atoms with Gasteiger partial charge in [0.2, 0.25) is 0 Å². The molecule has 0 spiro atoms. The van der Waals surface area contributed by atoms with Gasteiger partial charge in [0.25, 0.3) is 5.91 Å². The Morgan fingerprint density at radius 3 is 2.36 bits per heavy atom. The van der Waals surface area contributed by atoms with Gasteiger partial charge in [-0.2, -0.15) is 0 Å². The second-order valence-electron chi connectivity index (χ2n) is 5.56. The first-order chi connectivity index (χ1) is 12.3. The number of benzene rings is 2. The molecular formula is C21H20N2O2. The average Bonchev–Trinajstić information content (AvgIpc) is 2.68. The Bertz CT molecular complexity index is 763. The number of nitrogens with zero attached hydrogens (tertiary/aromatic N) is 1. The van der Waals surface area contributed by atoms with E-state index in [2.05, 4.69) is 10.3 Å². The lowest BCUT2D eigenvalue weighted by molar-refractivity contribution is 0.0943. The van der Waals surface area contributed by atoms with Crippen molar-refractivity contribution in [1.29, 1.82) is 0 Å². The molecule has 0 fully saturated rings. The van der Waals surface area contributed by atoms with Crippen molar-refractivity contribution in [1.82, 2.24) is 10.3 Å². The van der Waals surface area contributed by atoms with E-state index in [0.29, 0.717) is 12.2 Å². The topological polar surface area (TPSA) is 51.2 Å². The third-order valence-corrected chi connectivity index (χ3v) is 3.85. The molecule has 1 atom stereocenters. The molecule has 126 valence electrons. The standard InChI is InChI=1S/C21H20N2O2/c1-2-25-19-12-10-17(11-13-19)21(24)23-20(16-7-4-3-5-8-16)18-9-6-14-22-15-18/h3-15,20H,2H2,1H3,(H,23,24)/t20-/m1/s1. The van der Waals surface area contributed by atoms with Gasteiger partial charge < -0.3 is 10.1 Å². The van der Waals surface area contributed by atoms with Crippen LogP contribution >= 0.6 is 0 Å². The fourth-order valence-electron chi connectivity index (χ4n) is 2.63. The molecule has 0 aliphatic carbocycles. The van der Waals surface area contributed by atoms with Crippen LogP contribution in [0.15, 0.2) is 79.1 Å². The Hall–Kier alpha value is -3.14. The van der Waals surface area contributed by atoms with Crippen LogP contribution in [0.4, 0.5) is 0 Å². The van der Waals surface area contributed by atoms with Gasteiger partial charge in [-0.3, -0.25) is 9.78 Å². The monoisotopic (exact) mass is 332 g/mol. The minimum Gasteiger partial charge on any atom is -0.494 e. The van der Waals surface area contributed by atoms with Crippen LogP contribution in [0.5, 0.6) is 5.75 Å². The molecule has 0 radical (unpaired) electrons. The van der Waals surface area contributed by atoms with Gasteiger partial charge in [-0.05, 0) is 48.4 Å². The lowest BCUT2D eigenvalue weighted by Gasteiger charge is -2.19. The molecule has 1 heterocycles. The van der Waals surface area contributed by atoms with E-state index in [4.69, 9.17) is 4.74 Å². The van der Waals surface area contributed by atoms with E-state index in [1.165, 1.54) is 0 Å². The Labute approximate surface area is 147 Å². The quantitative estimate of drug-likeness (QED) is 0.742. The Morgan fingerprint density at radius 2 is 1.72 bits per heavy atom. The highest BCUT2D eigenvalue weighted by Crippen LogP contribution is 2.22. The normalized spacial score (nSPS) is 11.6. The van der Waals surface area contributed by atoms with Gasteiger partial charge in [0.15, 0.2) is 0 Å². The molecule has 1 N–H and O–H groups in total. The van der Waals surface area contributed by atoms with E-state index in [-0.39, 0.29) is 11.9 Å². The van der Waals surface area contributed by atoms with Crippen LogP contribution in [0.2, 0.25) is 0 Å². The molecule has 0 saturated carbocycles. The van der Waals surface area contributed by atoms with Crippen molar-refractivity contribution in [2.24, 2.45) is 0 Å². The number of carbonyl (C=O) groups is 1. The number of ether oxygens (including phenoxy) is 1. The number of rotatable bonds is 6. The summed E-state index contributed by atoms with van der Waals surface area (Å²) in [6.45, 7) is 2.53. The van der Waals surface area contributed by atoms with Gasteiger partial charge in [0.1, 0.15) is 5.75 Å². The Kier molecular flexibility index (Phi) is 5.42. The first-order valence-corrected chi connectivity index (χ1v) is 8.26. The fraction of sp³-hybridized carbons (Fsp3) is 0.143. The third kappa shape index (κ3) is 4.23. The van der Waals surface area contributed by atoms with Gasteiger partial charge in [-0.15, -0.1) is 0 Å². The summed E-state index contributed by atoms with van der Waals surface area (Å²) in [6.07, 6.45) is 3.50. The SMILES string of the molecule is CCOc1ccc(C(=O)N[C@H](c2ccccc2)c2cccnc2)cc1. The molecule has 0 unspecified atom stereocenters. The van der Waals surface area contributed by atoms with Crippen LogP contribution < -0.4 is 10.1 Å². The smallest absolute Gasteiger partial charge is 0.252 e. The summed E-state index contributed by atoms with van der Waals surface area (Å²) < 4.78 is 5.42. The lowest BCUT2D eigenvalue weighted by Crippen LogP contribution is -2.29. The molecule has 0 aliphatic heterocycles. The predicted molar refractivity (Wildman–Crippen MR) is 97.6 cm³/mol. The van der Waals surface area contributed by atoms with Gasteiger partial charge in [-0.25, -0.2) is 0 Å². The molecule has 1 aromatic heterocycles. The molecule has 4 nitrogen and oxygen atoms in total. The number of hydrogen-bond donors (Lipinski definition) is 1. The highest BCUT2D eigenvalue weighted by Gasteiger charge is 2.17. The average molecular weight is 332 g/mol. The van der Waals surface area contributed by atoms with Gasteiger partial charge in [0, 0.05) is 18.0 Å². The zero-order valence-corrected chi connectivity index (χ0v) is 14.1. The third-order valence-electron chi connectivity index (χ3n) is 3.85. The summed E-state index contributed by atoms with van der Waals surface area (Å²) in [4.78, 5) is 16.9. The summed E-state index contributed by atoms with van der Waals surface area (Å²) >= 11 is 0. The van der Waals surface area contributed by atoms with Crippen molar-refractivity contribution in [3.8, 4) is 5.75 Å². The van der Waals surface area contributed by atoms with Crippen LogP contribution in [0.3, 0.4) is 0 Å². The number of nitrogens with one attached hydrogen (secondary N) is 1. The maximum Gasteiger partial charge on any atom is 0.252 e. The largest absolute Gasteiger partial charge is 0.494 e. The van der Waals surface area contributed by atoms with Gasteiger partial charge in [0.05, 0.1) is 12.6 Å². The minimum absolute atomic E-state index is 0.138. The highest BCUT2D eigenvalue weighted by molar-refractivity contribution is 5.94. The summed E-state index contributed by atoms with van der Waals surface area (Å²) in [7, 11) is 0. The van der Waals surface area contributed by atoms with E-state index in [0.717, 1.165) is 16.9 Å². The maximum absolute atomic E-state index is 12.7. The number of amides is 1. The zero-order chi connectivity index (χ0) is 17.5. The Balaban J connectivity index is 1.84. The first kappa shape index (κ1) is 16.7. The van der Waals surface area contributed by atoms with E-state index in [1.54, 1.807) is 36.7 Å². The second kappa shape index (κ2) is 8.11. The number of aromatic nitrogens is 1. The van der Waals surface area contributed by atoms with Crippen molar-refractivity contribution < 1.29 is 9.53 Å². The Morgan fingerprint density at radius 1 is 1.00 bits per heavy atom. The van der Waals surface area contributed by atoms with Crippen molar-refractivity contribution >= 4 is 5.91 Å². The molecule has 25 heavy (non-hydrogen) atoms. The van der Waals surface area contributed by atoms with Crippen molar-refractivity contribution in [3.05, 3.63) is 95.8 Å². The molecule has 2 aromatic carbocycles. The molecule has 1 amide bonds. The van der Waals surface area contributed by atoms with Crippen LogP contribution in [-0.2, 0) is 0 Å². The molecular weight excluding hydrogens is 312 g/mol. The molecule has 0 aliphatic rings. The van der Waals surface area contributed by atoms with Gasteiger partial charge >= 0.3 is 0 Å². The van der Waals surface area contributed by atoms with Crippen LogP contribution in [-0.4, -0.2) is 17.5 Å². The van der Waals surface area contributed by atoms with Gasteiger partial charge in [-0.1, -0.05) is 36.4 Å². The first-order valence-electron chi connectivity index (χ1n) is 8.26. The van der Waals surface area contributed by atoms with Crippen molar-refractivity contribution in [2.75, 3.05) is 6.61 Å². The number of pyridine rings is 1.